The summed E-state index contributed by atoms with van der Waals surface area (Å²) in [5.74, 6) is 6.60. The Kier molecular flexibility index (Phi) is 5.42. The van der Waals surface area contributed by atoms with Crippen LogP contribution in [-0.4, -0.2) is 30.7 Å². The molecule has 0 spiro atoms. The number of aromatic nitrogens is 2. The summed E-state index contributed by atoms with van der Waals surface area (Å²) in [6.07, 6.45) is 1.38. The number of methoxy groups -OCH3 is 1. The summed E-state index contributed by atoms with van der Waals surface area (Å²) in [4.78, 5) is 8.24. The van der Waals surface area contributed by atoms with Gasteiger partial charge in [-0.05, 0) is 18.1 Å². The minimum Gasteiger partial charge on any atom is -0.437 e. The number of ether oxygens (including phenoxy) is 2. The molecule has 0 aliphatic carbocycles. The van der Waals surface area contributed by atoms with Crippen LogP contribution in [-0.2, 0) is 4.74 Å². The van der Waals surface area contributed by atoms with Crippen LogP contribution in [0.4, 0.5) is 11.4 Å². The van der Waals surface area contributed by atoms with Crippen molar-refractivity contribution in [2.24, 2.45) is 0 Å². The Hall–Kier alpha value is -2.49. The highest BCUT2D eigenvalue weighted by atomic mass is 35.5. The highest BCUT2D eigenvalue weighted by Gasteiger charge is 2.11. The fourth-order valence-electron chi connectivity index (χ4n) is 1.64. The molecule has 22 heavy (non-hydrogen) atoms. The first-order chi connectivity index (χ1) is 10.7. The summed E-state index contributed by atoms with van der Waals surface area (Å²) >= 11 is 5.98. The van der Waals surface area contributed by atoms with E-state index < -0.39 is 0 Å². The number of halogens is 1. The lowest BCUT2D eigenvalue weighted by atomic mass is 10.3. The van der Waals surface area contributed by atoms with Gasteiger partial charge in [-0.1, -0.05) is 17.5 Å². The van der Waals surface area contributed by atoms with E-state index in [2.05, 4.69) is 27.1 Å². The molecule has 0 aliphatic rings. The van der Waals surface area contributed by atoms with Gasteiger partial charge in [-0.2, -0.15) is 4.98 Å². The number of benzene rings is 1. The Bertz CT molecular complexity index is 725. The van der Waals surface area contributed by atoms with Crippen LogP contribution in [0, 0.1) is 11.8 Å². The van der Waals surface area contributed by atoms with Gasteiger partial charge < -0.3 is 20.5 Å². The molecule has 2 rings (SSSR count). The van der Waals surface area contributed by atoms with Crippen molar-refractivity contribution < 1.29 is 9.47 Å². The smallest absolute Gasteiger partial charge is 0.247 e. The molecule has 1 heterocycles. The molecule has 0 unspecified atom stereocenters. The van der Waals surface area contributed by atoms with Gasteiger partial charge in [0.2, 0.25) is 5.88 Å². The monoisotopic (exact) mass is 318 g/mol. The quantitative estimate of drug-likeness (QED) is 0.666. The van der Waals surface area contributed by atoms with E-state index >= 15 is 0 Å². The maximum atomic E-state index is 5.98. The second-order valence-electron chi connectivity index (χ2n) is 4.17. The number of nitrogens with two attached hydrogens (primary N) is 1. The maximum Gasteiger partial charge on any atom is 0.247 e. The van der Waals surface area contributed by atoms with E-state index in [1.165, 1.54) is 6.33 Å². The molecule has 2 aromatic rings. The van der Waals surface area contributed by atoms with E-state index in [1.807, 2.05) is 0 Å². The van der Waals surface area contributed by atoms with E-state index in [0.717, 1.165) is 0 Å². The van der Waals surface area contributed by atoms with Crippen LogP contribution in [0.2, 0.25) is 5.02 Å². The van der Waals surface area contributed by atoms with Gasteiger partial charge in [0.05, 0.1) is 10.7 Å². The highest BCUT2D eigenvalue weighted by Crippen LogP contribution is 2.31. The molecule has 0 saturated heterocycles. The minimum absolute atomic E-state index is 0.316. The summed E-state index contributed by atoms with van der Waals surface area (Å²) in [5.41, 5.74) is 7.26. The van der Waals surface area contributed by atoms with Crippen molar-refractivity contribution >= 4 is 23.0 Å². The van der Waals surface area contributed by atoms with E-state index in [-0.39, 0.29) is 0 Å². The van der Waals surface area contributed by atoms with Crippen LogP contribution in [0.15, 0.2) is 24.5 Å². The van der Waals surface area contributed by atoms with Crippen LogP contribution in [0.25, 0.3) is 0 Å². The lowest BCUT2D eigenvalue weighted by molar-refractivity contribution is 0.240. The summed E-state index contributed by atoms with van der Waals surface area (Å²) < 4.78 is 10.6. The molecule has 0 atom stereocenters. The molecule has 1 aromatic heterocycles. The van der Waals surface area contributed by atoms with Crippen molar-refractivity contribution in [3.8, 4) is 23.5 Å². The summed E-state index contributed by atoms with van der Waals surface area (Å²) in [7, 11) is 3.32. The minimum atomic E-state index is 0.316. The molecule has 1 aromatic carbocycles. The molecule has 3 N–H and O–H groups in total. The normalized spacial score (nSPS) is 9.77. The topological polar surface area (TPSA) is 82.3 Å². The summed E-state index contributed by atoms with van der Waals surface area (Å²) in [6, 6.07) is 4.99. The van der Waals surface area contributed by atoms with Gasteiger partial charge in [0.15, 0.2) is 0 Å². The second-order valence-corrected chi connectivity index (χ2v) is 4.58. The lowest BCUT2D eigenvalue weighted by Gasteiger charge is -2.11. The summed E-state index contributed by atoms with van der Waals surface area (Å²) in [5, 5.41) is 3.40. The third kappa shape index (κ3) is 3.79. The molecule has 0 bridgehead atoms. The highest BCUT2D eigenvalue weighted by molar-refractivity contribution is 6.33. The Morgan fingerprint density at radius 2 is 2.18 bits per heavy atom. The number of nitrogen functional groups attached to an aromatic ring is 1. The van der Waals surface area contributed by atoms with Gasteiger partial charge in [0, 0.05) is 20.2 Å². The predicted molar refractivity (Wildman–Crippen MR) is 86.3 cm³/mol. The fourth-order valence-corrected chi connectivity index (χ4v) is 1.81. The van der Waals surface area contributed by atoms with E-state index in [0.29, 0.717) is 40.3 Å². The molecule has 0 radical (unpaired) electrons. The lowest BCUT2D eigenvalue weighted by Crippen LogP contribution is -2.01. The fraction of sp³-hybridized carbons (Fsp3) is 0.200. The van der Waals surface area contributed by atoms with Gasteiger partial charge in [-0.3, -0.25) is 0 Å². The van der Waals surface area contributed by atoms with Gasteiger partial charge in [-0.25, -0.2) is 4.98 Å². The Balaban J connectivity index is 2.32. The van der Waals surface area contributed by atoms with Crippen LogP contribution < -0.4 is 15.8 Å². The van der Waals surface area contributed by atoms with Crippen molar-refractivity contribution in [3.63, 3.8) is 0 Å². The van der Waals surface area contributed by atoms with Crippen LogP contribution in [0.5, 0.6) is 11.6 Å². The van der Waals surface area contributed by atoms with Crippen molar-refractivity contribution in [1.29, 1.82) is 0 Å². The maximum absolute atomic E-state index is 5.98. The zero-order valence-electron chi connectivity index (χ0n) is 12.2. The number of hydrogen-bond donors (Lipinski definition) is 2. The SMILES string of the molecule is CNc1c(C#CCOC)ncnc1Oc1ccc(N)c(Cl)c1. The number of anilines is 2. The Morgan fingerprint density at radius 1 is 1.36 bits per heavy atom. The average Bonchev–Trinajstić information content (AvgIpc) is 2.51. The molecule has 114 valence electrons. The molecule has 7 heteroatoms. The first-order valence-electron chi connectivity index (χ1n) is 6.39. The number of nitrogens with one attached hydrogen (secondary N) is 1. The predicted octanol–water partition coefficient (Wildman–Crippen LogP) is 2.54. The molecule has 0 amide bonds. The van der Waals surface area contributed by atoms with Gasteiger partial charge in [0.25, 0.3) is 0 Å². The van der Waals surface area contributed by atoms with E-state index in [9.17, 15) is 0 Å². The number of rotatable bonds is 4. The Morgan fingerprint density at radius 3 is 2.86 bits per heavy atom. The zero-order valence-corrected chi connectivity index (χ0v) is 12.9. The molecule has 0 saturated carbocycles. The average molecular weight is 319 g/mol. The largest absolute Gasteiger partial charge is 0.437 e. The molecule has 0 aliphatic heterocycles. The standard InChI is InChI=1S/C15H15ClN4O2/c1-18-14-13(4-3-7-21-2)19-9-20-15(14)22-10-5-6-12(17)11(16)8-10/h5-6,8-9,18H,7,17H2,1-2H3. The third-order valence-electron chi connectivity index (χ3n) is 2.67. The van der Waals surface area contributed by atoms with Crippen LogP contribution in [0.3, 0.4) is 0 Å². The Labute approximate surface area is 133 Å². The third-order valence-corrected chi connectivity index (χ3v) is 3.00. The van der Waals surface area contributed by atoms with Crippen molar-refractivity contribution in [2.45, 2.75) is 0 Å². The molecular formula is C15H15ClN4O2. The van der Waals surface area contributed by atoms with Gasteiger partial charge in [0.1, 0.15) is 30.1 Å². The first-order valence-corrected chi connectivity index (χ1v) is 6.77. The first kappa shape index (κ1) is 15.9. The second kappa shape index (κ2) is 7.50. The van der Waals surface area contributed by atoms with Crippen LogP contribution in [0.1, 0.15) is 5.69 Å². The molecule has 6 nitrogen and oxygen atoms in total. The van der Waals surface area contributed by atoms with Gasteiger partial charge in [-0.15, -0.1) is 0 Å². The van der Waals surface area contributed by atoms with Crippen LogP contribution >= 0.6 is 11.6 Å². The van der Waals surface area contributed by atoms with Crippen molar-refractivity contribution in [2.75, 3.05) is 31.8 Å². The number of nitrogens with zero attached hydrogens (tertiary/aromatic N) is 2. The summed E-state index contributed by atoms with van der Waals surface area (Å²) in [6.45, 7) is 0.316. The molecular weight excluding hydrogens is 304 g/mol. The number of hydrogen-bond acceptors (Lipinski definition) is 6. The van der Waals surface area contributed by atoms with E-state index in [4.69, 9.17) is 26.8 Å². The van der Waals surface area contributed by atoms with Crippen molar-refractivity contribution in [3.05, 3.63) is 35.2 Å². The zero-order chi connectivity index (χ0) is 15.9. The van der Waals surface area contributed by atoms with E-state index in [1.54, 1.807) is 32.4 Å². The molecule has 0 fully saturated rings. The van der Waals surface area contributed by atoms with Crippen molar-refractivity contribution in [1.82, 2.24) is 9.97 Å². The van der Waals surface area contributed by atoms with Gasteiger partial charge >= 0.3 is 0 Å².